The summed E-state index contributed by atoms with van der Waals surface area (Å²) in [6.45, 7) is 0. The van der Waals surface area contributed by atoms with Crippen LogP contribution in [0.5, 0.6) is 5.75 Å². The van der Waals surface area contributed by atoms with Crippen molar-refractivity contribution in [2.75, 3.05) is 0 Å². The highest BCUT2D eigenvalue weighted by Crippen LogP contribution is 2.44. The molecular weight excluding hydrogens is 304 g/mol. The van der Waals surface area contributed by atoms with E-state index in [2.05, 4.69) is 0 Å². The molecule has 1 aliphatic heterocycles. The Morgan fingerprint density at radius 2 is 1.71 bits per heavy atom. The van der Waals surface area contributed by atoms with Crippen LogP contribution >= 0.6 is 0 Å². The second-order valence-electron chi connectivity index (χ2n) is 6.29. The average molecular weight is 324 g/mol. The third-order valence-electron chi connectivity index (χ3n) is 4.59. The molecule has 24 heavy (non-hydrogen) atoms. The zero-order valence-corrected chi connectivity index (χ0v) is 13.4. The van der Waals surface area contributed by atoms with Gasteiger partial charge in [-0.3, -0.25) is 4.79 Å². The van der Waals surface area contributed by atoms with Crippen molar-refractivity contribution in [3.8, 4) is 5.75 Å². The minimum atomic E-state index is -0.494. The van der Waals surface area contributed by atoms with E-state index >= 15 is 0 Å². The molecule has 0 N–H and O–H groups in total. The van der Waals surface area contributed by atoms with Crippen molar-refractivity contribution in [3.05, 3.63) is 65.2 Å². The third kappa shape index (κ3) is 3.07. The second-order valence-corrected chi connectivity index (χ2v) is 6.29. The summed E-state index contributed by atoms with van der Waals surface area (Å²) in [6, 6.07) is 15.2. The van der Waals surface area contributed by atoms with E-state index in [1.54, 1.807) is 12.1 Å². The second kappa shape index (κ2) is 6.75. The number of hydrogen-bond acceptors (Lipinski definition) is 4. The standard InChI is InChI=1S/C20H20O4/c21-13-14-10-11-18(22-16-8-4-5-9-16)17(12-14)20-23-19(24-20)15-6-2-1-3-7-15/h1-3,6-7,10-13,16,19-20H,4-5,8-9H2. The summed E-state index contributed by atoms with van der Waals surface area (Å²) < 4.78 is 17.9. The molecule has 1 aliphatic carbocycles. The van der Waals surface area contributed by atoms with Crippen LogP contribution in [0, 0.1) is 0 Å². The van der Waals surface area contributed by atoms with Crippen LogP contribution in [0.4, 0.5) is 0 Å². The highest BCUT2D eigenvalue weighted by atomic mass is 16.9. The van der Waals surface area contributed by atoms with Crippen molar-refractivity contribution in [2.45, 2.75) is 44.4 Å². The molecule has 4 rings (SSSR count). The van der Waals surface area contributed by atoms with Crippen LogP contribution in [0.1, 0.15) is 59.7 Å². The molecule has 124 valence electrons. The lowest BCUT2D eigenvalue weighted by molar-refractivity contribution is -0.397. The van der Waals surface area contributed by atoms with E-state index in [4.69, 9.17) is 14.2 Å². The van der Waals surface area contributed by atoms with E-state index in [1.807, 2.05) is 36.4 Å². The maximum Gasteiger partial charge on any atom is 0.194 e. The molecule has 0 bridgehead atoms. The van der Waals surface area contributed by atoms with Gasteiger partial charge in [0.2, 0.25) is 0 Å². The lowest BCUT2D eigenvalue weighted by Crippen LogP contribution is -2.28. The number of aldehydes is 1. The number of hydrogen-bond donors (Lipinski definition) is 0. The van der Waals surface area contributed by atoms with E-state index in [0.717, 1.165) is 36.0 Å². The molecule has 4 heteroatoms. The number of rotatable bonds is 5. The third-order valence-corrected chi connectivity index (χ3v) is 4.59. The highest BCUT2D eigenvalue weighted by Gasteiger charge is 2.36. The highest BCUT2D eigenvalue weighted by molar-refractivity contribution is 5.75. The van der Waals surface area contributed by atoms with Gasteiger partial charge in [0.25, 0.3) is 0 Å². The maximum atomic E-state index is 11.1. The van der Waals surface area contributed by atoms with Crippen molar-refractivity contribution in [1.82, 2.24) is 0 Å². The van der Waals surface area contributed by atoms with Crippen LogP contribution in [0.3, 0.4) is 0 Å². The quantitative estimate of drug-likeness (QED) is 0.756. The van der Waals surface area contributed by atoms with Gasteiger partial charge in [-0.2, -0.15) is 0 Å². The Labute approximate surface area is 141 Å². The SMILES string of the molecule is O=Cc1ccc(OC2CCCC2)c(C2OC(c3ccccc3)O2)c1. The minimum absolute atomic E-state index is 0.246. The van der Waals surface area contributed by atoms with Crippen molar-refractivity contribution in [3.63, 3.8) is 0 Å². The number of ether oxygens (including phenoxy) is 3. The smallest absolute Gasteiger partial charge is 0.194 e. The molecule has 2 aromatic carbocycles. The molecule has 2 aliphatic rings. The van der Waals surface area contributed by atoms with Crippen molar-refractivity contribution >= 4 is 6.29 Å². The Morgan fingerprint density at radius 3 is 2.42 bits per heavy atom. The predicted octanol–water partition coefficient (Wildman–Crippen LogP) is 4.56. The molecule has 2 fully saturated rings. The minimum Gasteiger partial charge on any atom is -0.490 e. The summed E-state index contributed by atoms with van der Waals surface area (Å²) in [7, 11) is 0. The zero-order valence-electron chi connectivity index (χ0n) is 13.4. The van der Waals surface area contributed by atoms with Gasteiger partial charge in [-0.05, 0) is 43.9 Å². The van der Waals surface area contributed by atoms with E-state index in [9.17, 15) is 4.79 Å². The van der Waals surface area contributed by atoms with Crippen LogP contribution in [0.25, 0.3) is 0 Å². The van der Waals surface area contributed by atoms with E-state index < -0.39 is 6.29 Å². The van der Waals surface area contributed by atoms with Gasteiger partial charge in [0, 0.05) is 11.1 Å². The molecule has 0 atom stereocenters. The Balaban J connectivity index is 1.52. The van der Waals surface area contributed by atoms with E-state index in [1.165, 1.54) is 12.8 Å². The van der Waals surface area contributed by atoms with Crippen LogP contribution in [0.2, 0.25) is 0 Å². The van der Waals surface area contributed by atoms with E-state index in [0.29, 0.717) is 5.56 Å². The molecule has 0 spiro atoms. The Bertz CT molecular complexity index is 701. The summed E-state index contributed by atoms with van der Waals surface area (Å²) >= 11 is 0. The molecule has 0 aromatic heterocycles. The van der Waals surface area contributed by atoms with Crippen LogP contribution in [0.15, 0.2) is 48.5 Å². The number of carbonyl (C=O) groups is 1. The largest absolute Gasteiger partial charge is 0.490 e. The normalized spacial score (nSPS) is 23.7. The summed E-state index contributed by atoms with van der Waals surface area (Å²) in [6.07, 6.45) is 4.79. The topological polar surface area (TPSA) is 44.8 Å². The molecule has 0 amide bonds. The number of benzene rings is 2. The van der Waals surface area contributed by atoms with Gasteiger partial charge < -0.3 is 14.2 Å². The van der Waals surface area contributed by atoms with Crippen molar-refractivity contribution in [1.29, 1.82) is 0 Å². The van der Waals surface area contributed by atoms with E-state index in [-0.39, 0.29) is 12.4 Å². The zero-order chi connectivity index (χ0) is 16.4. The first-order valence-electron chi connectivity index (χ1n) is 8.45. The molecule has 1 saturated heterocycles. The Kier molecular flexibility index (Phi) is 4.32. The first kappa shape index (κ1) is 15.4. The Morgan fingerprint density at radius 1 is 0.958 bits per heavy atom. The van der Waals surface area contributed by atoms with Crippen LogP contribution < -0.4 is 4.74 Å². The first-order valence-corrected chi connectivity index (χ1v) is 8.45. The van der Waals surface area contributed by atoms with Crippen LogP contribution in [-0.4, -0.2) is 12.4 Å². The van der Waals surface area contributed by atoms with Gasteiger partial charge in [-0.25, -0.2) is 0 Å². The van der Waals surface area contributed by atoms with Gasteiger partial charge in [0.05, 0.1) is 11.7 Å². The van der Waals surface area contributed by atoms with Crippen LogP contribution in [-0.2, 0) is 9.47 Å². The molecular formula is C20H20O4. The molecule has 2 aromatic rings. The van der Waals surface area contributed by atoms with Gasteiger partial charge in [-0.1, -0.05) is 30.3 Å². The molecule has 4 nitrogen and oxygen atoms in total. The lowest BCUT2D eigenvalue weighted by Gasteiger charge is -2.37. The fourth-order valence-electron chi connectivity index (χ4n) is 3.27. The van der Waals surface area contributed by atoms with Crippen molar-refractivity contribution in [2.24, 2.45) is 0 Å². The summed E-state index contributed by atoms with van der Waals surface area (Å²) in [4.78, 5) is 11.1. The Hall–Kier alpha value is -2.17. The molecule has 1 heterocycles. The first-order chi connectivity index (χ1) is 11.8. The summed E-state index contributed by atoms with van der Waals surface area (Å²) in [5, 5.41) is 0. The maximum absolute atomic E-state index is 11.1. The predicted molar refractivity (Wildman–Crippen MR) is 88.8 cm³/mol. The van der Waals surface area contributed by atoms with Crippen molar-refractivity contribution < 1.29 is 19.0 Å². The van der Waals surface area contributed by atoms with Gasteiger partial charge in [0.1, 0.15) is 12.0 Å². The average Bonchev–Trinajstić information content (AvgIpc) is 3.09. The monoisotopic (exact) mass is 324 g/mol. The van der Waals surface area contributed by atoms with Gasteiger partial charge in [-0.15, -0.1) is 0 Å². The molecule has 0 radical (unpaired) electrons. The fourth-order valence-corrected chi connectivity index (χ4v) is 3.27. The summed E-state index contributed by atoms with van der Waals surface area (Å²) in [5.41, 5.74) is 2.37. The lowest BCUT2D eigenvalue weighted by atomic mass is 10.1. The molecule has 0 unspecified atom stereocenters. The number of carbonyl (C=O) groups excluding carboxylic acids is 1. The molecule has 1 saturated carbocycles. The fraction of sp³-hybridized carbons (Fsp3) is 0.350. The van der Waals surface area contributed by atoms with Gasteiger partial charge >= 0.3 is 0 Å². The summed E-state index contributed by atoms with van der Waals surface area (Å²) in [5.74, 6) is 0.754. The van der Waals surface area contributed by atoms with Gasteiger partial charge in [0.15, 0.2) is 12.6 Å².